The molecule has 2 fully saturated rings. The molecule has 2 nitrogen and oxygen atoms in total. The molecule has 2 atom stereocenters. The third-order valence-electron chi connectivity index (χ3n) is 6.56. The van der Waals surface area contributed by atoms with E-state index < -0.39 is 0 Å². The lowest BCUT2D eigenvalue weighted by molar-refractivity contribution is -0.897. The molecule has 0 amide bonds. The molecule has 2 aliphatic rings. The first kappa shape index (κ1) is 18.9. The van der Waals surface area contributed by atoms with E-state index in [-0.39, 0.29) is 10.8 Å². The minimum Gasteiger partial charge on any atom is -0.321 e. The first-order valence-electron chi connectivity index (χ1n) is 9.12. The van der Waals surface area contributed by atoms with Gasteiger partial charge in [0, 0.05) is 17.4 Å². The van der Waals surface area contributed by atoms with E-state index >= 15 is 0 Å². The van der Waals surface area contributed by atoms with Crippen LogP contribution in [-0.4, -0.2) is 30.9 Å². The minimum atomic E-state index is 0.0255. The van der Waals surface area contributed by atoms with Gasteiger partial charge in [-0.2, -0.15) is 0 Å². The molecule has 0 aromatic heterocycles. The fourth-order valence-corrected chi connectivity index (χ4v) is 4.39. The van der Waals surface area contributed by atoms with Crippen LogP contribution in [0.1, 0.15) is 45.6 Å². The number of likely N-dealkylation sites (N-methyl/N-ethyl adjacent to an activating group) is 1. The zero-order valence-corrected chi connectivity index (χ0v) is 16.1. The van der Waals surface area contributed by atoms with Gasteiger partial charge in [-0.15, -0.1) is 0 Å². The molecule has 0 saturated heterocycles. The van der Waals surface area contributed by atoms with Crippen molar-refractivity contribution < 1.29 is 9.28 Å². The monoisotopic (exact) mass is 328 g/mol. The third-order valence-corrected chi connectivity index (χ3v) is 6.56. The molecule has 1 aromatic rings. The van der Waals surface area contributed by atoms with Gasteiger partial charge in [0.05, 0.1) is 20.6 Å². The van der Waals surface area contributed by atoms with Gasteiger partial charge in [-0.3, -0.25) is 4.79 Å². The second-order valence-corrected chi connectivity index (χ2v) is 8.97. The Labute approximate surface area is 148 Å². The summed E-state index contributed by atoms with van der Waals surface area (Å²) in [6.45, 7) is 12.5. The number of quaternary nitrogens is 1. The predicted octanol–water partition coefficient (Wildman–Crippen LogP) is 4.85. The van der Waals surface area contributed by atoms with Crippen LogP contribution in [0.3, 0.4) is 0 Å². The van der Waals surface area contributed by atoms with Crippen LogP contribution in [0.15, 0.2) is 43.0 Å². The molecule has 1 aromatic carbocycles. The van der Waals surface area contributed by atoms with Crippen LogP contribution in [0.2, 0.25) is 0 Å². The number of hydrogen-bond acceptors (Lipinski definition) is 1. The molecule has 0 aliphatic heterocycles. The molecular weight excluding hydrogens is 294 g/mol. The van der Waals surface area contributed by atoms with E-state index in [1.54, 1.807) is 0 Å². The Kier molecular flexibility index (Phi) is 5.39. The molecule has 0 heterocycles. The van der Waals surface area contributed by atoms with E-state index in [0.717, 1.165) is 30.4 Å². The largest absolute Gasteiger partial charge is 0.321 e. The van der Waals surface area contributed by atoms with Gasteiger partial charge in [-0.05, 0) is 30.3 Å². The third kappa shape index (κ3) is 3.64. The molecule has 3 rings (SSSR count). The van der Waals surface area contributed by atoms with Crippen molar-refractivity contribution in [3.63, 3.8) is 0 Å². The van der Waals surface area contributed by atoms with Crippen LogP contribution in [0.5, 0.6) is 0 Å². The number of carbonyl (C=O) groups excluding carboxylic acids is 1. The summed E-state index contributed by atoms with van der Waals surface area (Å²) in [4.78, 5) is 11.6. The molecule has 2 heteroatoms. The maximum atomic E-state index is 11.6. The smallest absolute Gasteiger partial charge is 0.139 e. The van der Waals surface area contributed by atoms with Crippen molar-refractivity contribution in [3.8, 4) is 0 Å². The molecule has 132 valence electrons. The van der Waals surface area contributed by atoms with Crippen molar-refractivity contribution in [1.29, 1.82) is 0 Å². The number of nitrogens with zero attached hydrogens (tertiary/aromatic N) is 1. The van der Waals surface area contributed by atoms with Crippen LogP contribution < -0.4 is 0 Å². The van der Waals surface area contributed by atoms with Gasteiger partial charge in [0.2, 0.25) is 0 Å². The summed E-state index contributed by atoms with van der Waals surface area (Å²) in [5.41, 5.74) is 1.69. The van der Waals surface area contributed by atoms with Crippen molar-refractivity contribution in [2.24, 2.45) is 16.7 Å². The quantitative estimate of drug-likeness (QED) is 0.570. The molecule has 2 unspecified atom stereocenters. The number of ketones is 1. The summed E-state index contributed by atoms with van der Waals surface area (Å²) in [5, 5.41) is 0. The highest BCUT2D eigenvalue weighted by Gasteiger charge is 2.61. The van der Waals surface area contributed by atoms with Gasteiger partial charge in [0.15, 0.2) is 0 Å². The molecular formula is C22H34NO+. The normalized spacial score (nSPS) is 27.5. The number of benzene rings is 1. The van der Waals surface area contributed by atoms with Crippen LogP contribution in [0.25, 0.3) is 0 Å². The fraction of sp³-hybridized carbons (Fsp3) is 0.591. The lowest BCUT2D eigenvalue weighted by atomic mass is 9.70. The van der Waals surface area contributed by atoms with Crippen molar-refractivity contribution in [3.05, 3.63) is 48.6 Å². The van der Waals surface area contributed by atoms with Crippen molar-refractivity contribution in [1.82, 2.24) is 0 Å². The second kappa shape index (κ2) is 6.84. The van der Waals surface area contributed by atoms with Crippen LogP contribution in [0.4, 0.5) is 0 Å². The summed E-state index contributed by atoms with van der Waals surface area (Å²) in [6.07, 6.45) is 5.23. The summed E-state index contributed by atoms with van der Waals surface area (Å²) < 4.78 is 0.966. The second-order valence-electron chi connectivity index (χ2n) is 8.97. The first-order chi connectivity index (χ1) is 11.1. The number of carbonyl (C=O) groups is 1. The SMILES string of the molecule is C=CC[N+](C)(C)Cc1ccccc1.CC12CCC(CC1=O)C2(C)C. The summed E-state index contributed by atoms with van der Waals surface area (Å²) in [7, 11) is 4.43. The van der Waals surface area contributed by atoms with Crippen molar-refractivity contribution in [2.45, 2.75) is 46.6 Å². The summed E-state index contributed by atoms with van der Waals surface area (Å²) >= 11 is 0. The average molecular weight is 329 g/mol. The van der Waals surface area contributed by atoms with E-state index in [1.807, 2.05) is 6.08 Å². The molecule has 2 saturated carbocycles. The van der Waals surface area contributed by atoms with Gasteiger partial charge in [0.1, 0.15) is 12.3 Å². The van der Waals surface area contributed by atoms with Crippen molar-refractivity contribution in [2.75, 3.05) is 20.6 Å². The van der Waals surface area contributed by atoms with E-state index in [0.29, 0.717) is 11.7 Å². The highest BCUT2D eigenvalue weighted by Crippen LogP contribution is 2.63. The first-order valence-corrected chi connectivity index (χ1v) is 9.12. The maximum absolute atomic E-state index is 11.6. The maximum Gasteiger partial charge on any atom is 0.139 e. The topological polar surface area (TPSA) is 17.1 Å². The Morgan fingerprint density at radius 3 is 2.21 bits per heavy atom. The van der Waals surface area contributed by atoms with E-state index in [4.69, 9.17) is 0 Å². The minimum absolute atomic E-state index is 0.0255. The Balaban J connectivity index is 0.000000175. The molecule has 24 heavy (non-hydrogen) atoms. The molecule has 2 bridgehead atoms. The molecule has 2 aliphatic carbocycles. The number of fused-ring (bicyclic) bond motifs is 2. The van der Waals surface area contributed by atoms with Crippen molar-refractivity contribution >= 4 is 5.78 Å². The number of rotatable bonds is 4. The van der Waals surface area contributed by atoms with E-state index in [2.05, 4.69) is 71.8 Å². The van der Waals surface area contributed by atoms with Gasteiger partial charge < -0.3 is 4.48 Å². The zero-order chi connectivity index (χ0) is 18.0. The standard InChI is InChI=1S/C12H18N.C10H16O/c1-4-10-13(2,3)11-12-8-6-5-7-9-12;1-9(2)7-4-5-10(9,3)8(11)6-7/h4-9H,1,10-11H2,2-3H3;7H,4-6H2,1-3H3/q+1;. The van der Waals surface area contributed by atoms with E-state index in [9.17, 15) is 4.79 Å². The Bertz CT molecular complexity index is 587. The highest BCUT2D eigenvalue weighted by molar-refractivity contribution is 5.89. The van der Waals surface area contributed by atoms with Gasteiger partial charge in [0.25, 0.3) is 0 Å². The van der Waals surface area contributed by atoms with Gasteiger partial charge in [-0.1, -0.05) is 57.7 Å². The molecule has 0 N–H and O–H groups in total. The summed E-state index contributed by atoms with van der Waals surface area (Å²) in [5.74, 6) is 1.19. The van der Waals surface area contributed by atoms with Crippen LogP contribution in [0, 0.1) is 16.7 Å². The summed E-state index contributed by atoms with van der Waals surface area (Å²) in [6, 6.07) is 10.6. The van der Waals surface area contributed by atoms with Crippen LogP contribution >= 0.6 is 0 Å². The Morgan fingerprint density at radius 1 is 1.21 bits per heavy atom. The van der Waals surface area contributed by atoms with E-state index in [1.165, 1.54) is 12.0 Å². The lowest BCUT2D eigenvalue weighted by Gasteiger charge is -2.32. The lowest BCUT2D eigenvalue weighted by Crippen LogP contribution is -2.38. The zero-order valence-electron chi connectivity index (χ0n) is 16.1. The number of hydrogen-bond donors (Lipinski definition) is 0. The van der Waals surface area contributed by atoms with Gasteiger partial charge in [-0.25, -0.2) is 0 Å². The molecule has 0 radical (unpaired) electrons. The number of Topliss-reactive ketones (excluding diaryl/α,β-unsaturated/α-hetero) is 1. The predicted molar refractivity (Wildman–Crippen MR) is 102 cm³/mol. The highest BCUT2D eigenvalue weighted by atomic mass is 16.1. The molecule has 0 spiro atoms. The van der Waals surface area contributed by atoms with Gasteiger partial charge >= 0.3 is 0 Å². The Morgan fingerprint density at radius 2 is 1.83 bits per heavy atom. The van der Waals surface area contributed by atoms with Crippen LogP contribution in [-0.2, 0) is 11.3 Å². The average Bonchev–Trinajstić information content (AvgIpc) is 2.81. The fourth-order valence-electron chi connectivity index (χ4n) is 4.39. The Hall–Kier alpha value is -1.41.